The molecule has 0 fully saturated rings. The maximum Gasteiger partial charge on any atom is 0.330 e. The Kier molecular flexibility index (Phi) is 6.51. The Morgan fingerprint density at radius 2 is 2.00 bits per heavy atom. The highest BCUT2D eigenvalue weighted by molar-refractivity contribution is 7.71. The van der Waals surface area contributed by atoms with Gasteiger partial charge in [0.1, 0.15) is 5.56 Å². The first kappa shape index (κ1) is 21.5. The average molecular weight is 429 g/mol. The standard InChI is InChI=1S/C21H24N4O4S/c1-4-24-18(26)15(19(27)25(5-2)21(24)30)12-23-17(20(28)29-3)10-13-11-22-16-9-7-6-8-14(13)16/h6-9,11-12,17,22,26H,4-5,10H2,1-3H3/t17-/m1/s1. The summed E-state index contributed by atoms with van der Waals surface area (Å²) in [6.45, 7) is 4.36. The number of nitrogens with one attached hydrogen (secondary N) is 1. The van der Waals surface area contributed by atoms with Crippen LogP contribution in [0, 0.1) is 4.77 Å². The minimum atomic E-state index is -0.874. The summed E-state index contributed by atoms with van der Waals surface area (Å²) < 4.78 is 7.97. The summed E-state index contributed by atoms with van der Waals surface area (Å²) in [6.07, 6.45) is 3.35. The number of ether oxygens (including phenoxy) is 1. The van der Waals surface area contributed by atoms with Crippen molar-refractivity contribution in [3.05, 3.63) is 56.7 Å². The van der Waals surface area contributed by atoms with Crippen LogP contribution in [0.1, 0.15) is 25.0 Å². The normalized spacial score (nSPS) is 12.5. The van der Waals surface area contributed by atoms with E-state index in [1.165, 1.54) is 22.5 Å². The molecule has 3 rings (SSSR count). The first-order valence-corrected chi connectivity index (χ1v) is 10.1. The van der Waals surface area contributed by atoms with Crippen molar-refractivity contribution in [3.8, 4) is 5.88 Å². The number of carbonyl (C=O) groups excluding carboxylic acids is 1. The van der Waals surface area contributed by atoms with Crippen LogP contribution in [0.15, 0.2) is 40.2 Å². The summed E-state index contributed by atoms with van der Waals surface area (Å²) in [5, 5.41) is 11.5. The third kappa shape index (κ3) is 3.93. The highest BCUT2D eigenvalue weighted by Gasteiger charge is 2.21. The first-order valence-electron chi connectivity index (χ1n) is 9.65. The van der Waals surface area contributed by atoms with E-state index in [1.807, 2.05) is 37.4 Å². The van der Waals surface area contributed by atoms with Gasteiger partial charge in [0.15, 0.2) is 10.8 Å². The van der Waals surface area contributed by atoms with Crippen molar-refractivity contribution in [1.82, 2.24) is 14.1 Å². The van der Waals surface area contributed by atoms with Crippen LogP contribution in [0.4, 0.5) is 0 Å². The summed E-state index contributed by atoms with van der Waals surface area (Å²) >= 11 is 5.29. The summed E-state index contributed by atoms with van der Waals surface area (Å²) in [6, 6.07) is 6.87. The van der Waals surface area contributed by atoms with Gasteiger partial charge in [-0.1, -0.05) is 18.2 Å². The van der Waals surface area contributed by atoms with E-state index in [1.54, 1.807) is 6.92 Å². The number of aromatic amines is 1. The predicted molar refractivity (Wildman–Crippen MR) is 118 cm³/mol. The molecule has 30 heavy (non-hydrogen) atoms. The van der Waals surface area contributed by atoms with Crippen LogP contribution in [0.5, 0.6) is 5.88 Å². The molecule has 2 N–H and O–H groups in total. The van der Waals surface area contributed by atoms with Gasteiger partial charge in [-0.15, -0.1) is 0 Å². The molecule has 2 aromatic heterocycles. The van der Waals surface area contributed by atoms with E-state index in [2.05, 4.69) is 9.98 Å². The number of hydrogen-bond donors (Lipinski definition) is 2. The molecule has 0 amide bonds. The largest absolute Gasteiger partial charge is 0.494 e. The zero-order valence-electron chi connectivity index (χ0n) is 17.1. The number of aliphatic imine (C=N–C) groups is 1. The fourth-order valence-corrected chi connectivity index (χ4v) is 3.82. The molecule has 8 nitrogen and oxygen atoms in total. The third-order valence-corrected chi connectivity index (χ3v) is 5.45. The Morgan fingerprint density at radius 3 is 2.67 bits per heavy atom. The van der Waals surface area contributed by atoms with E-state index in [9.17, 15) is 14.7 Å². The quantitative estimate of drug-likeness (QED) is 0.342. The molecule has 0 aliphatic heterocycles. The molecule has 158 valence electrons. The van der Waals surface area contributed by atoms with E-state index in [-0.39, 0.29) is 22.6 Å². The Labute approximate surface area is 178 Å². The van der Waals surface area contributed by atoms with Crippen LogP contribution in [-0.4, -0.2) is 44.6 Å². The number of hydrogen-bond acceptors (Lipinski definition) is 6. The van der Waals surface area contributed by atoms with Crippen LogP contribution < -0.4 is 5.56 Å². The van der Waals surface area contributed by atoms with Crippen molar-refractivity contribution in [2.24, 2.45) is 4.99 Å². The number of esters is 1. The number of aromatic hydroxyl groups is 1. The molecular formula is C21H24N4O4S. The van der Waals surface area contributed by atoms with E-state index >= 15 is 0 Å². The van der Waals surface area contributed by atoms with Crippen molar-refractivity contribution in [2.45, 2.75) is 39.4 Å². The minimum Gasteiger partial charge on any atom is -0.494 e. The van der Waals surface area contributed by atoms with Crippen molar-refractivity contribution < 1.29 is 14.6 Å². The summed E-state index contributed by atoms with van der Waals surface area (Å²) in [5.74, 6) is -0.799. The highest BCUT2D eigenvalue weighted by atomic mass is 32.1. The van der Waals surface area contributed by atoms with Crippen molar-refractivity contribution in [1.29, 1.82) is 0 Å². The number of H-pyrrole nitrogens is 1. The number of nitrogens with zero attached hydrogens (tertiary/aromatic N) is 3. The van der Waals surface area contributed by atoms with E-state index in [0.29, 0.717) is 13.1 Å². The van der Waals surface area contributed by atoms with Gasteiger partial charge in [0, 0.05) is 42.8 Å². The van der Waals surface area contributed by atoms with Gasteiger partial charge in [-0.3, -0.25) is 18.9 Å². The zero-order valence-corrected chi connectivity index (χ0v) is 17.9. The van der Waals surface area contributed by atoms with Crippen molar-refractivity contribution in [3.63, 3.8) is 0 Å². The Balaban J connectivity index is 2.03. The molecule has 0 aliphatic carbocycles. The summed E-state index contributed by atoms with van der Waals surface area (Å²) in [4.78, 5) is 32.6. The van der Waals surface area contributed by atoms with Gasteiger partial charge in [0.05, 0.1) is 7.11 Å². The monoisotopic (exact) mass is 428 g/mol. The highest BCUT2D eigenvalue weighted by Crippen LogP contribution is 2.20. The molecule has 0 unspecified atom stereocenters. The van der Waals surface area contributed by atoms with Gasteiger partial charge in [-0.25, -0.2) is 4.79 Å². The van der Waals surface area contributed by atoms with Gasteiger partial charge < -0.3 is 14.8 Å². The average Bonchev–Trinajstić information content (AvgIpc) is 3.15. The molecule has 0 radical (unpaired) electrons. The molecule has 0 saturated heterocycles. The van der Waals surface area contributed by atoms with Crippen LogP contribution in [-0.2, 0) is 29.0 Å². The van der Waals surface area contributed by atoms with E-state index < -0.39 is 17.6 Å². The second kappa shape index (κ2) is 9.08. The summed E-state index contributed by atoms with van der Waals surface area (Å²) in [5.41, 5.74) is 1.38. The lowest BCUT2D eigenvalue weighted by Crippen LogP contribution is -2.29. The smallest absolute Gasteiger partial charge is 0.330 e. The number of para-hydroxylation sites is 1. The molecule has 0 bridgehead atoms. The fraction of sp³-hybridized carbons (Fsp3) is 0.333. The fourth-order valence-electron chi connectivity index (χ4n) is 3.39. The zero-order chi connectivity index (χ0) is 21.8. The van der Waals surface area contributed by atoms with E-state index in [0.717, 1.165) is 16.5 Å². The minimum absolute atomic E-state index is 0.0138. The number of fused-ring (bicyclic) bond motifs is 1. The van der Waals surface area contributed by atoms with Crippen LogP contribution in [0.25, 0.3) is 10.9 Å². The molecular weight excluding hydrogens is 404 g/mol. The maximum absolute atomic E-state index is 12.8. The predicted octanol–water partition coefficient (Wildman–Crippen LogP) is 2.81. The summed E-state index contributed by atoms with van der Waals surface area (Å²) in [7, 11) is 1.29. The Bertz CT molecular complexity index is 1220. The molecule has 0 aliphatic rings. The molecule has 9 heteroatoms. The molecule has 1 atom stereocenters. The Hall–Kier alpha value is -3.20. The van der Waals surface area contributed by atoms with Crippen molar-refractivity contribution in [2.75, 3.05) is 7.11 Å². The SMILES string of the molecule is CCn1c(O)c(C=N[C@H](Cc2c[nH]c3ccccc23)C(=O)OC)c(=O)n(CC)c1=S. The number of aromatic nitrogens is 3. The van der Waals surface area contributed by atoms with Gasteiger partial charge in [-0.05, 0) is 37.7 Å². The number of carbonyl (C=O) groups is 1. The lowest BCUT2D eigenvalue weighted by Gasteiger charge is -2.14. The number of rotatable bonds is 7. The van der Waals surface area contributed by atoms with Gasteiger partial charge in [-0.2, -0.15) is 0 Å². The van der Waals surface area contributed by atoms with Crippen LogP contribution in [0.3, 0.4) is 0 Å². The van der Waals surface area contributed by atoms with Gasteiger partial charge >= 0.3 is 5.97 Å². The van der Waals surface area contributed by atoms with Crippen LogP contribution in [0.2, 0.25) is 0 Å². The Morgan fingerprint density at radius 1 is 1.30 bits per heavy atom. The van der Waals surface area contributed by atoms with Crippen LogP contribution >= 0.6 is 12.2 Å². The molecule has 3 aromatic rings. The number of methoxy groups -OCH3 is 1. The molecule has 0 saturated carbocycles. The lowest BCUT2D eigenvalue weighted by atomic mass is 10.1. The second-order valence-corrected chi connectivity index (χ2v) is 7.06. The number of benzene rings is 1. The topological polar surface area (TPSA) is 102 Å². The lowest BCUT2D eigenvalue weighted by molar-refractivity contribution is -0.142. The maximum atomic E-state index is 12.8. The van der Waals surface area contributed by atoms with E-state index in [4.69, 9.17) is 17.0 Å². The molecule has 0 spiro atoms. The van der Waals surface area contributed by atoms with Crippen molar-refractivity contribution >= 4 is 35.3 Å². The van der Waals surface area contributed by atoms with Gasteiger partial charge in [0.2, 0.25) is 5.88 Å². The first-order chi connectivity index (χ1) is 14.4. The second-order valence-electron chi connectivity index (χ2n) is 6.69. The molecule has 1 aromatic carbocycles. The molecule has 2 heterocycles. The third-order valence-electron chi connectivity index (χ3n) is 5.01. The van der Waals surface area contributed by atoms with Gasteiger partial charge in [0.25, 0.3) is 5.56 Å².